The van der Waals surface area contributed by atoms with Gasteiger partial charge in [-0.1, -0.05) is 6.92 Å². The first-order valence-electron chi connectivity index (χ1n) is 6.36. The van der Waals surface area contributed by atoms with Crippen LogP contribution in [0, 0.1) is 17.8 Å². The lowest BCUT2D eigenvalue weighted by atomic mass is 9.75. The molecule has 0 saturated heterocycles. The van der Waals surface area contributed by atoms with E-state index in [0.717, 1.165) is 31.6 Å². The molecule has 2 nitrogen and oxygen atoms in total. The quantitative estimate of drug-likeness (QED) is 0.744. The summed E-state index contributed by atoms with van der Waals surface area (Å²) in [4.78, 5) is 0. The maximum absolute atomic E-state index is 10.2. The predicted octanol–water partition coefficient (Wildman–Crippen LogP) is 2.75. The molecule has 1 N–H and O–H groups in total. The Labute approximate surface area is 99.4 Å². The second kappa shape index (κ2) is 6.27. The van der Waals surface area contributed by atoms with Crippen LogP contribution in [0.25, 0.3) is 0 Å². The molecule has 1 fully saturated rings. The van der Waals surface area contributed by atoms with Crippen LogP contribution in [0.1, 0.15) is 52.9 Å². The summed E-state index contributed by atoms with van der Waals surface area (Å²) in [7, 11) is 0. The highest BCUT2D eigenvalue weighted by atomic mass is 16.5. The summed E-state index contributed by atoms with van der Waals surface area (Å²) in [5, 5.41) is 10.2. The molecular weight excluding hydrogens is 200 g/mol. The maximum Gasteiger partial charge on any atom is 0.0949 e. The average molecular weight is 224 g/mol. The molecule has 1 unspecified atom stereocenters. The molecular formula is C14H24O2. The Hall–Kier alpha value is -0.520. The van der Waals surface area contributed by atoms with Crippen molar-refractivity contribution in [2.24, 2.45) is 5.92 Å². The van der Waals surface area contributed by atoms with Crippen molar-refractivity contribution in [3.63, 3.8) is 0 Å². The van der Waals surface area contributed by atoms with Crippen LogP contribution in [0.2, 0.25) is 0 Å². The van der Waals surface area contributed by atoms with Crippen LogP contribution in [0.15, 0.2) is 0 Å². The molecule has 16 heavy (non-hydrogen) atoms. The Morgan fingerprint density at radius 2 is 2.06 bits per heavy atom. The molecule has 0 radical (unpaired) electrons. The largest absolute Gasteiger partial charge is 0.389 e. The average Bonchev–Trinajstić information content (AvgIpc) is 2.29. The summed E-state index contributed by atoms with van der Waals surface area (Å²) < 4.78 is 5.86. The summed E-state index contributed by atoms with van der Waals surface area (Å²) in [6.07, 6.45) is 4.33. The Morgan fingerprint density at radius 1 is 1.44 bits per heavy atom. The normalized spacial score (nSPS) is 31.6. The Balaban J connectivity index is 2.66. The molecule has 0 aromatic carbocycles. The van der Waals surface area contributed by atoms with Gasteiger partial charge in [0.05, 0.1) is 11.7 Å². The number of aliphatic hydroxyl groups is 1. The first-order chi connectivity index (χ1) is 7.64. The summed E-state index contributed by atoms with van der Waals surface area (Å²) >= 11 is 0. The molecule has 0 spiro atoms. The first-order valence-corrected chi connectivity index (χ1v) is 6.36. The Morgan fingerprint density at radius 3 is 2.56 bits per heavy atom. The first kappa shape index (κ1) is 13.5. The van der Waals surface area contributed by atoms with Crippen molar-refractivity contribution in [2.75, 3.05) is 6.61 Å². The molecule has 0 aliphatic heterocycles. The zero-order chi connectivity index (χ0) is 12.0. The van der Waals surface area contributed by atoms with E-state index in [0.29, 0.717) is 13.0 Å². The van der Waals surface area contributed by atoms with Crippen LogP contribution in [0.3, 0.4) is 0 Å². The molecule has 1 aliphatic rings. The smallest absolute Gasteiger partial charge is 0.0949 e. The monoisotopic (exact) mass is 224 g/mol. The van der Waals surface area contributed by atoms with Gasteiger partial charge in [-0.25, -0.2) is 0 Å². The highest BCUT2D eigenvalue weighted by Gasteiger charge is 2.40. The fourth-order valence-electron chi connectivity index (χ4n) is 2.50. The topological polar surface area (TPSA) is 29.5 Å². The van der Waals surface area contributed by atoms with Crippen molar-refractivity contribution < 1.29 is 9.84 Å². The molecule has 0 aromatic heterocycles. The van der Waals surface area contributed by atoms with Gasteiger partial charge in [0.1, 0.15) is 0 Å². The van der Waals surface area contributed by atoms with Gasteiger partial charge in [-0.2, -0.15) is 0 Å². The Kier molecular flexibility index (Phi) is 5.31. The minimum Gasteiger partial charge on any atom is -0.389 e. The Bertz CT molecular complexity index is 254. The number of hydrogen-bond acceptors (Lipinski definition) is 2. The van der Waals surface area contributed by atoms with Gasteiger partial charge in [-0.3, -0.25) is 0 Å². The van der Waals surface area contributed by atoms with Crippen molar-refractivity contribution in [3.05, 3.63) is 0 Å². The van der Waals surface area contributed by atoms with Gasteiger partial charge in [0.15, 0.2) is 0 Å². The lowest BCUT2D eigenvalue weighted by Crippen LogP contribution is -2.47. The van der Waals surface area contributed by atoms with Gasteiger partial charge in [-0.15, -0.1) is 11.8 Å². The molecule has 0 heterocycles. The number of ether oxygens (including phenoxy) is 1. The number of rotatable bonds is 4. The van der Waals surface area contributed by atoms with E-state index in [4.69, 9.17) is 4.74 Å². The zero-order valence-electron chi connectivity index (χ0n) is 10.8. The highest BCUT2D eigenvalue weighted by Crippen LogP contribution is 2.38. The summed E-state index contributed by atoms with van der Waals surface area (Å²) in [6.45, 7) is 6.75. The second-order valence-corrected chi connectivity index (χ2v) is 4.83. The van der Waals surface area contributed by atoms with Crippen LogP contribution in [0.4, 0.5) is 0 Å². The van der Waals surface area contributed by atoms with Gasteiger partial charge < -0.3 is 9.84 Å². The third-order valence-electron chi connectivity index (χ3n) is 3.63. The van der Waals surface area contributed by atoms with Gasteiger partial charge in [0, 0.05) is 13.0 Å². The highest BCUT2D eigenvalue weighted by molar-refractivity contribution is 5.02. The molecule has 0 amide bonds. The second-order valence-electron chi connectivity index (χ2n) is 4.83. The third-order valence-corrected chi connectivity index (χ3v) is 3.63. The van der Waals surface area contributed by atoms with Gasteiger partial charge in [0.2, 0.25) is 0 Å². The van der Waals surface area contributed by atoms with E-state index in [9.17, 15) is 5.11 Å². The lowest BCUT2D eigenvalue weighted by Gasteiger charge is -2.42. The van der Waals surface area contributed by atoms with Crippen LogP contribution in [-0.2, 0) is 4.74 Å². The van der Waals surface area contributed by atoms with Crippen LogP contribution >= 0.6 is 0 Å². The van der Waals surface area contributed by atoms with E-state index >= 15 is 0 Å². The summed E-state index contributed by atoms with van der Waals surface area (Å²) in [5.74, 6) is 6.56. The molecule has 1 atom stereocenters. The van der Waals surface area contributed by atoms with E-state index in [1.165, 1.54) is 0 Å². The van der Waals surface area contributed by atoms with Crippen LogP contribution in [-0.4, -0.2) is 23.4 Å². The minimum absolute atomic E-state index is 0.328. The standard InChI is InChI=1S/C14H24O2/c1-4-6-7-13(15)14(16-5-2)10-8-12(3)9-11-14/h12-13,15H,5,7-11H2,1-3H3. The zero-order valence-corrected chi connectivity index (χ0v) is 10.8. The maximum atomic E-state index is 10.2. The van der Waals surface area contributed by atoms with Crippen molar-refractivity contribution in [3.8, 4) is 11.8 Å². The van der Waals surface area contributed by atoms with Gasteiger partial charge in [0.25, 0.3) is 0 Å². The van der Waals surface area contributed by atoms with E-state index in [2.05, 4.69) is 18.8 Å². The summed E-state index contributed by atoms with van der Waals surface area (Å²) in [6, 6.07) is 0. The van der Waals surface area contributed by atoms with E-state index in [-0.39, 0.29) is 5.60 Å². The SMILES string of the molecule is CC#CCC(O)C1(OCC)CCC(C)CC1. The molecule has 0 bridgehead atoms. The van der Waals surface area contributed by atoms with E-state index in [1.807, 2.05) is 13.8 Å². The van der Waals surface area contributed by atoms with E-state index < -0.39 is 6.10 Å². The number of aliphatic hydroxyl groups excluding tert-OH is 1. The fourth-order valence-corrected chi connectivity index (χ4v) is 2.50. The van der Waals surface area contributed by atoms with Gasteiger partial charge >= 0.3 is 0 Å². The molecule has 1 aliphatic carbocycles. The van der Waals surface area contributed by atoms with Gasteiger partial charge in [-0.05, 0) is 45.4 Å². The third kappa shape index (κ3) is 3.23. The predicted molar refractivity (Wildman–Crippen MR) is 66.1 cm³/mol. The van der Waals surface area contributed by atoms with Crippen LogP contribution < -0.4 is 0 Å². The molecule has 2 heteroatoms. The molecule has 0 aromatic rings. The van der Waals surface area contributed by atoms with Crippen molar-refractivity contribution in [1.29, 1.82) is 0 Å². The minimum atomic E-state index is -0.438. The van der Waals surface area contributed by atoms with Crippen molar-refractivity contribution in [1.82, 2.24) is 0 Å². The number of hydrogen-bond donors (Lipinski definition) is 1. The van der Waals surface area contributed by atoms with Crippen molar-refractivity contribution >= 4 is 0 Å². The van der Waals surface area contributed by atoms with Crippen molar-refractivity contribution in [2.45, 2.75) is 64.6 Å². The van der Waals surface area contributed by atoms with Crippen LogP contribution in [0.5, 0.6) is 0 Å². The fraction of sp³-hybridized carbons (Fsp3) is 0.857. The molecule has 92 valence electrons. The lowest BCUT2D eigenvalue weighted by molar-refractivity contribution is -0.142. The summed E-state index contributed by atoms with van der Waals surface area (Å²) in [5.41, 5.74) is -0.328. The molecule has 1 saturated carbocycles. The van der Waals surface area contributed by atoms with E-state index in [1.54, 1.807) is 0 Å². The molecule has 1 rings (SSSR count).